The third kappa shape index (κ3) is 6.19. The van der Waals surface area contributed by atoms with Gasteiger partial charge in [-0.25, -0.2) is 0 Å². The van der Waals surface area contributed by atoms with Crippen LogP contribution in [-0.2, 0) is 16.0 Å². The van der Waals surface area contributed by atoms with Gasteiger partial charge in [0.05, 0.1) is 24.2 Å². The monoisotopic (exact) mass is 389 g/mol. The second kappa shape index (κ2) is 10.8. The molecule has 1 saturated carbocycles. The zero-order valence-electron chi connectivity index (χ0n) is 17.4. The van der Waals surface area contributed by atoms with E-state index in [2.05, 4.69) is 37.3 Å². The van der Waals surface area contributed by atoms with E-state index in [4.69, 9.17) is 10.00 Å². The van der Waals surface area contributed by atoms with Gasteiger partial charge in [0.2, 0.25) is 0 Å². The molecule has 1 aliphatic rings. The fraction of sp³-hybridized carbons (Fsp3) is 0.462. The van der Waals surface area contributed by atoms with Crippen molar-refractivity contribution in [1.82, 2.24) is 0 Å². The van der Waals surface area contributed by atoms with Crippen LogP contribution in [-0.4, -0.2) is 12.6 Å². The summed E-state index contributed by atoms with van der Waals surface area (Å²) in [5.74, 6) is 0.947. The summed E-state index contributed by atoms with van der Waals surface area (Å²) >= 11 is 0. The number of aryl methyl sites for hydroxylation is 1. The van der Waals surface area contributed by atoms with Crippen LogP contribution in [0.15, 0.2) is 48.5 Å². The number of rotatable bonds is 8. The predicted molar refractivity (Wildman–Crippen MR) is 116 cm³/mol. The average Bonchev–Trinajstić information content (AvgIpc) is 2.78. The Morgan fingerprint density at radius 3 is 2.21 bits per heavy atom. The minimum absolute atomic E-state index is 0.0103. The van der Waals surface area contributed by atoms with E-state index in [0.717, 1.165) is 42.7 Å². The number of carbonyl (C=O) groups excluding carboxylic acids is 1. The van der Waals surface area contributed by atoms with Crippen LogP contribution in [0.4, 0.5) is 0 Å². The number of nitriles is 1. The molecule has 1 aliphatic carbocycles. The molecule has 152 valence electrons. The fourth-order valence-corrected chi connectivity index (χ4v) is 4.26. The van der Waals surface area contributed by atoms with E-state index in [-0.39, 0.29) is 11.9 Å². The number of ether oxygens (including phenoxy) is 1. The Balaban J connectivity index is 1.38. The molecule has 0 bridgehead atoms. The first kappa shape index (κ1) is 21.1. The minimum atomic E-state index is 0.0103. The highest BCUT2D eigenvalue weighted by Crippen LogP contribution is 2.32. The maximum Gasteiger partial charge on any atom is 0.308 e. The third-order valence-corrected chi connectivity index (χ3v) is 6.03. The van der Waals surface area contributed by atoms with Gasteiger partial charge in [-0.15, -0.1) is 0 Å². The number of nitrogens with zero attached hydrogens (tertiary/aromatic N) is 1. The summed E-state index contributed by atoms with van der Waals surface area (Å²) in [4.78, 5) is 12.3. The van der Waals surface area contributed by atoms with E-state index in [1.807, 2.05) is 24.3 Å². The molecule has 3 rings (SSSR count). The number of hydrogen-bond acceptors (Lipinski definition) is 3. The van der Waals surface area contributed by atoms with Gasteiger partial charge in [0.1, 0.15) is 0 Å². The van der Waals surface area contributed by atoms with Crippen molar-refractivity contribution < 1.29 is 9.53 Å². The zero-order chi connectivity index (χ0) is 20.5. The highest BCUT2D eigenvalue weighted by atomic mass is 16.5. The van der Waals surface area contributed by atoms with E-state index < -0.39 is 0 Å². The molecule has 3 heteroatoms. The number of benzene rings is 2. The molecular formula is C26H31NO2. The quantitative estimate of drug-likeness (QED) is 0.393. The Bertz CT molecular complexity index is 809. The molecule has 0 saturated heterocycles. The molecule has 3 nitrogen and oxygen atoms in total. The van der Waals surface area contributed by atoms with Crippen molar-refractivity contribution in [1.29, 1.82) is 5.26 Å². The van der Waals surface area contributed by atoms with Gasteiger partial charge in [-0.1, -0.05) is 56.2 Å². The SMILES string of the molecule is CCC[C@H]1CC[C@H](C(=O)OCCCc2ccc(-c3ccc(C#N)cc3)cc2)CC1. The van der Waals surface area contributed by atoms with Crippen LogP contribution in [0.5, 0.6) is 0 Å². The lowest BCUT2D eigenvalue weighted by Crippen LogP contribution is -2.24. The summed E-state index contributed by atoms with van der Waals surface area (Å²) in [6, 6.07) is 18.3. The van der Waals surface area contributed by atoms with Crippen LogP contribution >= 0.6 is 0 Å². The highest BCUT2D eigenvalue weighted by molar-refractivity contribution is 5.72. The minimum Gasteiger partial charge on any atom is -0.465 e. The normalized spacial score (nSPS) is 18.8. The first-order valence-electron chi connectivity index (χ1n) is 11.0. The molecule has 0 atom stereocenters. The third-order valence-electron chi connectivity index (χ3n) is 6.03. The molecule has 0 amide bonds. The maximum absolute atomic E-state index is 12.3. The van der Waals surface area contributed by atoms with Gasteiger partial charge in [0.15, 0.2) is 0 Å². The van der Waals surface area contributed by atoms with Gasteiger partial charge in [-0.3, -0.25) is 4.79 Å². The molecule has 0 unspecified atom stereocenters. The van der Waals surface area contributed by atoms with Crippen molar-refractivity contribution in [3.05, 3.63) is 59.7 Å². The van der Waals surface area contributed by atoms with Gasteiger partial charge in [-0.2, -0.15) is 5.26 Å². The van der Waals surface area contributed by atoms with E-state index in [9.17, 15) is 4.79 Å². The van der Waals surface area contributed by atoms with Crippen LogP contribution in [0.2, 0.25) is 0 Å². The van der Waals surface area contributed by atoms with Crippen molar-refractivity contribution in [2.24, 2.45) is 11.8 Å². The van der Waals surface area contributed by atoms with Crippen LogP contribution in [0.1, 0.15) is 63.0 Å². The molecule has 0 radical (unpaired) electrons. The van der Waals surface area contributed by atoms with Gasteiger partial charge in [-0.05, 0) is 73.3 Å². The Labute approximate surface area is 174 Å². The number of carbonyl (C=O) groups is 1. The van der Waals surface area contributed by atoms with Crippen LogP contribution in [0.3, 0.4) is 0 Å². The molecule has 0 N–H and O–H groups in total. The zero-order valence-corrected chi connectivity index (χ0v) is 17.4. The molecule has 1 fully saturated rings. The van der Waals surface area contributed by atoms with E-state index in [1.54, 1.807) is 0 Å². The summed E-state index contributed by atoms with van der Waals surface area (Å²) in [6.45, 7) is 2.74. The Kier molecular flexibility index (Phi) is 7.87. The van der Waals surface area contributed by atoms with Crippen molar-refractivity contribution in [3.8, 4) is 17.2 Å². The topological polar surface area (TPSA) is 50.1 Å². The molecular weight excluding hydrogens is 358 g/mol. The van der Waals surface area contributed by atoms with Crippen LogP contribution in [0.25, 0.3) is 11.1 Å². The summed E-state index contributed by atoms with van der Waals surface area (Å²) in [5.41, 5.74) is 4.17. The summed E-state index contributed by atoms with van der Waals surface area (Å²) in [6.07, 6.45) is 8.66. The molecule has 0 heterocycles. The lowest BCUT2D eigenvalue weighted by Gasteiger charge is -2.26. The van der Waals surface area contributed by atoms with Gasteiger partial charge < -0.3 is 4.74 Å². The van der Waals surface area contributed by atoms with E-state index >= 15 is 0 Å². The summed E-state index contributed by atoms with van der Waals surface area (Å²) < 4.78 is 5.55. The molecule has 0 aromatic heterocycles. The Hall–Kier alpha value is -2.60. The van der Waals surface area contributed by atoms with Crippen molar-refractivity contribution in [2.75, 3.05) is 6.61 Å². The Morgan fingerprint density at radius 1 is 1.00 bits per heavy atom. The molecule has 0 aliphatic heterocycles. The molecule has 0 spiro atoms. The highest BCUT2D eigenvalue weighted by Gasteiger charge is 2.26. The van der Waals surface area contributed by atoms with E-state index in [1.165, 1.54) is 31.2 Å². The smallest absolute Gasteiger partial charge is 0.308 e. The van der Waals surface area contributed by atoms with Crippen molar-refractivity contribution in [3.63, 3.8) is 0 Å². The van der Waals surface area contributed by atoms with Gasteiger partial charge in [0.25, 0.3) is 0 Å². The first-order valence-corrected chi connectivity index (χ1v) is 11.0. The van der Waals surface area contributed by atoms with Crippen molar-refractivity contribution in [2.45, 2.75) is 58.3 Å². The first-order chi connectivity index (χ1) is 14.2. The van der Waals surface area contributed by atoms with Crippen LogP contribution < -0.4 is 0 Å². The van der Waals surface area contributed by atoms with Gasteiger partial charge in [0, 0.05) is 0 Å². The molecule has 29 heavy (non-hydrogen) atoms. The fourth-order valence-electron chi connectivity index (χ4n) is 4.26. The summed E-state index contributed by atoms with van der Waals surface area (Å²) in [7, 11) is 0. The Morgan fingerprint density at radius 2 is 1.62 bits per heavy atom. The van der Waals surface area contributed by atoms with Crippen LogP contribution in [0, 0.1) is 23.2 Å². The lowest BCUT2D eigenvalue weighted by molar-refractivity contribution is -0.150. The standard InChI is InChI=1S/C26H31NO2/c1-2-4-20-8-16-25(17-9-20)26(28)29-18-3-5-21-6-12-23(13-7-21)24-14-10-22(19-27)11-15-24/h6-7,10-15,20,25H,2-5,8-9,16-18H2,1H3/t20-,25-. The second-order valence-corrected chi connectivity index (χ2v) is 8.16. The van der Waals surface area contributed by atoms with Crippen molar-refractivity contribution >= 4 is 5.97 Å². The van der Waals surface area contributed by atoms with E-state index in [0.29, 0.717) is 12.2 Å². The second-order valence-electron chi connectivity index (χ2n) is 8.16. The summed E-state index contributed by atoms with van der Waals surface area (Å²) in [5, 5.41) is 8.90. The molecule has 2 aromatic rings. The lowest BCUT2D eigenvalue weighted by atomic mass is 9.80. The molecule has 2 aromatic carbocycles. The maximum atomic E-state index is 12.3. The number of hydrogen-bond donors (Lipinski definition) is 0. The number of esters is 1. The average molecular weight is 390 g/mol. The largest absolute Gasteiger partial charge is 0.465 e. The predicted octanol–water partition coefficient (Wildman–Crippen LogP) is 6.31. The van der Waals surface area contributed by atoms with Gasteiger partial charge >= 0.3 is 5.97 Å².